The number of aliphatic hydroxyl groups is 1. The van der Waals surface area contributed by atoms with Gasteiger partial charge in [0.1, 0.15) is 0 Å². The predicted octanol–water partition coefficient (Wildman–Crippen LogP) is 4.05. The van der Waals surface area contributed by atoms with Gasteiger partial charge in [0.05, 0.1) is 6.10 Å². The number of aliphatic hydroxyl groups excluding tert-OH is 1. The van der Waals surface area contributed by atoms with Crippen LogP contribution < -0.4 is 0 Å². The van der Waals surface area contributed by atoms with Gasteiger partial charge in [0.25, 0.3) is 0 Å². The van der Waals surface area contributed by atoms with Gasteiger partial charge < -0.3 is 5.11 Å². The quantitative estimate of drug-likeness (QED) is 0.685. The van der Waals surface area contributed by atoms with Crippen LogP contribution in [0.1, 0.15) is 58.8 Å². The molecular formula is C20H28O2. The van der Waals surface area contributed by atoms with Crippen LogP contribution in [0, 0.1) is 28.6 Å². The van der Waals surface area contributed by atoms with Crippen LogP contribution in [0.2, 0.25) is 0 Å². The van der Waals surface area contributed by atoms with Crippen molar-refractivity contribution in [2.45, 2.75) is 64.9 Å². The number of hydrogen-bond acceptors (Lipinski definition) is 2. The van der Waals surface area contributed by atoms with Gasteiger partial charge in [-0.25, -0.2) is 0 Å². The second kappa shape index (κ2) is 4.56. The van der Waals surface area contributed by atoms with Gasteiger partial charge in [0.15, 0.2) is 5.78 Å². The zero-order chi connectivity index (χ0) is 15.7. The third-order valence-electron chi connectivity index (χ3n) is 7.93. The van der Waals surface area contributed by atoms with Crippen LogP contribution in [-0.2, 0) is 4.79 Å². The number of carbonyl (C=O) groups excluding carboxylic acids is 1. The Morgan fingerprint density at radius 3 is 2.64 bits per heavy atom. The van der Waals surface area contributed by atoms with Gasteiger partial charge in [-0.1, -0.05) is 26.0 Å². The maximum absolute atomic E-state index is 11.8. The highest BCUT2D eigenvalue weighted by atomic mass is 16.3. The smallest absolute Gasteiger partial charge is 0.155 e. The fraction of sp³-hybridized carbons (Fsp3) is 0.750. The highest BCUT2D eigenvalue weighted by Gasteiger charge is 2.58. The van der Waals surface area contributed by atoms with Gasteiger partial charge in [-0.15, -0.1) is 0 Å². The first-order chi connectivity index (χ1) is 10.4. The van der Waals surface area contributed by atoms with E-state index in [0.29, 0.717) is 29.6 Å². The van der Waals surface area contributed by atoms with Crippen LogP contribution >= 0.6 is 0 Å². The molecule has 0 amide bonds. The summed E-state index contributed by atoms with van der Waals surface area (Å²) < 4.78 is 0. The van der Waals surface area contributed by atoms with Gasteiger partial charge in [0, 0.05) is 6.42 Å². The van der Waals surface area contributed by atoms with E-state index in [0.717, 1.165) is 18.4 Å². The normalized spacial score (nSPS) is 51.0. The standard InChI is InChI=1S/C20H28O2/c1-12-4-5-15-14-11-18(22)17-10-13(21)6-8-20(17,3)16(14)7-9-19(12,15)2/h10,14-16,18,22H,1,4-9,11H2,2-3H3/t14-,15-,16-,18+,19+,20+/m0/s1. The van der Waals surface area contributed by atoms with Gasteiger partial charge in [0.2, 0.25) is 0 Å². The molecule has 6 atom stereocenters. The molecule has 4 aliphatic rings. The molecule has 3 fully saturated rings. The summed E-state index contributed by atoms with van der Waals surface area (Å²) >= 11 is 0. The Bertz CT molecular complexity index is 574. The third kappa shape index (κ3) is 1.73. The fourth-order valence-corrected chi connectivity index (χ4v) is 6.51. The van der Waals surface area contributed by atoms with Crippen molar-refractivity contribution in [1.82, 2.24) is 0 Å². The number of fused-ring (bicyclic) bond motifs is 5. The molecule has 2 heteroatoms. The van der Waals surface area contributed by atoms with E-state index in [-0.39, 0.29) is 11.2 Å². The molecular weight excluding hydrogens is 272 g/mol. The molecule has 2 nitrogen and oxygen atoms in total. The molecule has 0 aromatic carbocycles. The SMILES string of the molecule is C=C1CC[C@H]2[C@@H]3C[C@@H](O)C4=CC(=O)CC[C@]4(C)[C@H]3CC[C@]12C. The van der Waals surface area contributed by atoms with Gasteiger partial charge in [-0.3, -0.25) is 4.79 Å². The minimum Gasteiger partial charge on any atom is -0.389 e. The van der Waals surface area contributed by atoms with E-state index in [1.54, 1.807) is 6.08 Å². The van der Waals surface area contributed by atoms with Crippen molar-refractivity contribution in [3.8, 4) is 0 Å². The van der Waals surface area contributed by atoms with Crippen molar-refractivity contribution in [2.75, 3.05) is 0 Å². The molecule has 3 saturated carbocycles. The number of carbonyl (C=O) groups is 1. The molecule has 0 heterocycles. The minimum atomic E-state index is -0.410. The molecule has 0 saturated heterocycles. The second-order valence-electron chi connectivity index (χ2n) is 8.71. The Hall–Kier alpha value is -0.890. The van der Waals surface area contributed by atoms with Crippen molar-refractivity contribution in [1.29, 1.82) is 0 Å². The molecule has 0 unspecified atom stereocenters. The lowest BCUT2D eigenvalue weighted by Crippen LogP contribution is -2.53. The molecule has 0 aliphatic heterocycles. The summed E-state index contributed by atoms with van der Waals surface area (Å²) in [5.74, 6) is 2.13. The summed E-state index contributed by atoms with van der Waals surface area (Å²) in [6, 6.07) is 0. The monoisotopic (exact) mass is 300 g/mol. The van der Waals surface area contributed by atoms with Crippen LogP contribution in [-0.4, -0.2) is 17.0 Å². The van der Waals surface area contributed by atoms with Crippen molar-refractivity contribution in [2.24, 2.45) is 28.6 Å². The predicted molar refractivity (Wildman–Crippen MR) is 87.2 cm³/mol. The topological polar surface area (TPSA) is 37.3 Å². The van der Waals surface area contributed by atoms with Gasteiger partial charge in [-0.05, 0) is 78.8 Å². The largest absolute Gasteiger partial charge is 0.389 e. The first kappa shape index (κ1) is 14.7. The second-order valence-corrected chi connectivity index (χ2v) is 8.71. The lowest BCUT2D eigenvalue weighted by atomic mass is 9.47. The van der Waals surface area contributed by atoms with Crippen molar-refractivity contribution >= 4 is 5.78 Å². The van der Waals surface area contributed by atoms with E-state index in [1.807, 2.05) is 0 Å². The van der Waals surface area contributed by atoms with Gasteiger partial charge >= 0.3 is 0 Å². The molecule has 4 aliphatic carbocycles. The number of rotatable bonds is 0. The van der Waals surface area contributed by atoms with Crippen molar-refractivity contribution in [3.63, 3.8) is 0 Å². The summed E-state index contributed by atoms with van der Waals surface area (Å²) in [4.78, 5) is 11.8. The van der Waals surface area contributed by atoms with E-state index >= 15 is 0 Å². The van der Waals surface area contributed by atoms with Crippen LogP contribution in [0.5, 0.6) is 0 Å². The first-order valence-corrected chi connectivity index (χ1v) is 8.97. The molecule has 22 heavy (non-hydrogen) atoms. The molecule has 0 aromatic rings. The van der Waals surface area contributed by atoms with Crippen LogP contribution in [0.25, 0.3) is 0 Å². The zero-order valence-corrected chi connectivity index (χ0v) is 13.9. The van der Waals surface area contributed by atoms with Crippen molar-refractivity contribution in [3.05, 3.63) is 23.8 Å². The average molecular weight is 300 g/mol. The summed E-state index contributed by atoms with van der Waals surface area (Å²) in [5.41, 5.74) is 2.82. The molecule has 4 rings (SSSR count). The number of ketones is 1. The summed E-state index contributed by atoms with van der Waals surface area (Å²) in [7, 11) is 0. The highest BCUT2D eigenvalue weighted by molar-refractivity contribution is 5.91. The fourth-order valence-electron chi connectivity index (χ4n) is 6.51. The number of allylic oxidation sites excluding steroid dienone is 1. The third-order valence-corrected chi connectivity index (χ3v) is 7.93. The Morgan fingerprint density at radius 2 is 1.86 bits per heavy atom. The molecule has 0 bridgehead atoms. The van der Waals surface area contributed by atoms with Crippen LogP contribution in [0.15, 0.2) is 23.8 Å². The lowest BCUT2D eigenvalue weighted by Gasteiger charge is -2.58. The van der Waals surface area contributed by atoms with Crippen LogP contribution in [0.3, 0.4) is 0 Å². The van der Waals surface area contributed by atoms with Crippen LogP contribution in [0.4, 0.5) is 0 Å². The number of hydrogen-bond donors (Lipinski definition) is 1. The summed E-state index contributed by atoms with van der Waals surface area (Å²) in [5, 5.41) is 10.8. The Morgan fingerprint density at radius 1 is 1.14 bits per heavy atom. The van der Waals surface area contributed by atoms with Crippen molar-refractivity contribution < 1.29 is 9.90 Å². The van der Waals surface area contributed by atoms with E-state index in [4.69, 9.17) is 0 Å². The van der Waals surface area contributed by atoms with E-state index < -0.39 is 6.10 Å². The van der Waals surface area contributed by atoms with E-state index in [1.165, 1.54) is 31.3 Å². The molecule has 0 aromatic heterocycles. The summed E-state index contributed by atoms with van der Waals surface area (Å²) in [6.07, 6.45) is 8.70. The Balaban J connectivity index is 1.74. The Kier molecular flexibility index (Phi) is 3.05. The molecule has 1 N–H and O–H groups in total. The van der Waals surface area contributed by atoms with E-state index in [2.05, 4.69) is 20.4 Å². The first-order valence-electron chi connectivity index (χ1n) is 8.97. The highest BCUT2D eigenvalue weighted by Crippen LogP contribution is 2.66. The minimum absolute atomic E-state index is 0.0432. The maximum Gasteiger partial charge on any atom is 0.155 e. The summed E-state index contributed by atoms with van der Waals surface area (Å²) in [6.45, 7) is 9.08. The average Bonchev–Trinajstić information content (AvgIpc) is 2.77. The Labute approximate surface area is 133 Å². The molecule has 0 radical (unpaired) electrons. The molecule has 120 valence electrons. The zero-order valence-electron chi connectivity index (χ0n) is 13.9. The lowest BCUT2D eigenvalue weighted by molar-refractivity contribution is -0.118. The van der Waals surface area contributed by atoms with Gasteiger partial charge in [-0.2, -0.15) is 0 Å². The molecule has 0 spiro atoms. The maximum atomic E-state index is 11.8. The van der Waals surface area contributed by atoms with E-state index in [9.17, 15) is 9.90 Å².